The molecule has 0 bridgehead atoms. The Bertz CT molecular complexity index is 295. The first-order valence-electron chi connectivity index (χ1n) is 3.52. The Hall–Kier alpha value is -0.100. The van der Waals surface area contributed by atoms with Crippen LogP contribution >= 0.6 is 11.3 Å². The molecule has 4 nitrogen and oxygen atoms in total. The topological polar surface area (TPSA) is 76.2 Å². The Labute approximate surface area is 104 Å². The zero-order chi connectivity index (χ0) is 9.14. The Morgan fingerprint density at radius 2 is 2.54 bits per heavy atom. The summed E-state index contributed by atoms with van der Waals surface area (Å²) in [6.07, 6.45) is 0.447. The summed E-state index contributed by atoms with van der Waals surface area (Å²) in [6, 6.07) is 0. The van der Waals surface area contributed by atoms with E-state index in [-0.39, 0.29) is 31.0 Å². The zero-order valence-electron chi connectivity index (χ0n) is 8.65. The van der Waals surface area contributed by atoms with E-state index in [4.69, 9.17) is 10.8 Å². The quantitative estimate of drug-likeness (QED) is 0.572. The third kappa shape index (κ3) is 4.08. The minimum atomic E-state index is -0.804. The minimum Gasteiger partial charge on any atom is -1.00 e. The van der Waals surface area contributed by atoms with Crippen molar-refractivity contribution in [1.82, 2.24) is 4.98 Å². The van der Waals surface area contributed by atoms with Crippen molar-refractivity contribution in [3.8, 4) is 0 Å². The van der Waals surface area contributed by atoms with Gasteiger partial charge in [-0.05, 0) is 0 Å². The Morgan fingerprint density at radius 3 is 2.92 bits per heavy atom. The second-order valence-electron chi connectivity index (χ2n) is 2.62. The number of rotatable bonds is 3. The standard InChI is InChI=1S/C7H10N2O2S.Na.H/c1-4(6(10)11)2-5-3-12-7(8)9-5;;/h3-4H,2H2,1H3,(H2,8,9)(H,10,11);;/q;+1;-1. The van der Waals surface area contributed by atoms with Crippen LogP contribution in [0, 0.1) is 5.92 Å². The summed E-state index contributed by atoms with van der Waals surface area (Å²) in [5.74, 6) is -1.20. The third-order valence-electron chi connectivity index (χ3n) is 1.51. The molecule has 1 aromatic rings. The van der Waals surface area contributed by atoms with Crippen molar-refractivity contribution in [3.05, 3.63) is 11.1 Å². The number of nitrogens with two attached hydrogens (primary N) is 1. The largest absolute Gasteiger partial charge is 1.00 e. The van der Waals surface area contributed by atoms with Crippen molar-refractivity contribution in [2.45, 2.75) is 13.3 Å². The van der Waals surface area contributed by atoms with Crippen molar-refractivity contribution in [3.63, 3.8) is 0 Å². The molecule has 1 aromatic heterocycles. The van der Waals surface area contributed by atoms with E-state index in [0.717, 1.165) is 5.69 Å². The second kappa shape index (κ2) is 5.59. The first-order chi connectivity index (χ1) is 5.59. The molecule has 13 heavy (non-hydrogen) atoms. The van der Waals surface area contributed by atoms with Crippen LogP contribution in [0.1, 0.15) is 14.0 Å². The van der Waals surface area contributed by atoms with Gasteiger partial charge in [-0.3, -0.25) is 4.79 Å². The molecule has 0 aliphatic carbocycles. The molecule has 1 heterocycles. The molecule has 0 saturated heterocycles. The molecular weight excluding hydrogens is 199 g/mol. The molecule has 0 amide bonds. The molecule has 0 radical (unpaired) electrons. The van der Waals surface area contributed by atoms with Crippen molar-refractivity contribution >= 4 is 22.4 Å². The smallest absolute Gasteiger partial charge is 1.00 e. The average molecular weight is 210 g/mol. The van der Waals surface area contributed by atoms with Crippen LogP contribution < -0.4 is 35.3 Å². The molecule has 1 unspecified atom stereocenters. The van der Waals surface area contributed by atoms with Gasteiger partial charge in [-0.15, -0.1) is 11.3 Å². The fourth-order valence-corrected chi connectivity index (χ4v) is 1.39. The fraction of sp³-hybridized carbons (Fsp3) is 0.429. The van der Waals surface area contributed by atoms with Gasteiger partial charge in [0.2, 0.25) is 0 Å². The predicted octanol–water partition coefficient (Wildman–Crippen LogP) is -1.89. The van der Waals surface area contributed by atoms with Gasteiger partial charge in [0.05, 0.1) is 11.6 Å². The van der Waals surface area contributed by atoms with Crippen molar-refractivity contribution in [1.29, 1.82) is 0 Å². The molecule has 3 N–H and O–H groups in total. The van der Waals surface area contributed by atoms with Crippen LogP contribution in [0.3, 0.4) is 0 Å². The van der Waals surface area contributed by atoms with E-state index in [1.54, 1.807) is 12.3 Å². The molecule has 6 heteroatoms. The molecule has 0 aromatic carbocycles. The normalized spacial score (nSPS) is 11.8. The molecule has 0 aliphatic rings. The van der Waals surface area contributed by atoms with Crippen LogP contribution in [0.2, 0.25) is 0 Å². The maximum Gasteiger partial charge on any atom is 1.00 e. The van der Waals surface area contributed by atoms with Gasteiger partial charge in [0.1, 0.15) is 0 Å². The number of nitrogens with zero attached hydrogens (tertiary/aromatic N) is 1. The van der Waals surface area contributed by atoms with Crippen molar-refractivity contribution in [2.75, 3.05) is 5.73 Å². The van der Waals surface area contributed by atoms with Gasteiger partial charge < -0.3 is 12.3 Å². The summed E-state index contributed by atoms with van der Waals surface area (Å²) in [6.45, 7) is 1.65. The van der Waals surface area contributed by atoms with Gasteiger partial charge in [-0.2, -0.15) is 0 Å². The summed E-state index contributed by atoms with van der Waals surface area (Å²) in [5, 5.41) is 10.9. The first-order valence-corrected chi connectivity index (χ1v) is 4.40. The summed E-state index contributed by atoms with van der Waals surface area (Å²) in [7, 11) is 0. The van der Waals surface area contributed by atoms with E-state index in [9.17, 15) is 4.79 Å². The van der Waals surface area contributed by atoms with Crippen molar-refractivity contribution < 1.29 is 40.9 Å². The maximum atomic E-state index is 10.5. The van der Waals surface area contributed by atoms with Gasteiger partial charge in [-0.1, -0.05) is 6.92 Å². The van der Waals surface area contributed by atoms with E-state index in [1.807, 2.05) is 0 Å². The Morgan fingerprint density at radius 1 is 1.92 bits per heavy atom. The molecular formula is C7H11N2NaO2S. The van der Waals surface area contributed by atoms with Crippen molar-refractivity contribution in [2.24, 2.45) is 5.92 Å². The van der Waals surface area contributed by atoms with Crippen LogP contribution in [0.15, 0.2) is 5.38 Å². The first kappa shape index (κ1) is 12.9. The van der Waals surface area contributed by atoms with Gasteiger partial charge in [0, 0.05) is 11.8 Å². The maximum absolute atomic E-state index is 10.5. The summed E-state index contributed by atoms with van der Waals surface area (Å²) in [4.78, 5) is 14.4. The second-order valence-corrected chi connectivity index (χ2v) is 3.51. The SMILES string of the molecule is CC(Cc1csc(N)n1)C(=O)O.[H-].[Na+]. The number of thiazole rings is 1. The van der Waals surface area contributed by atoms with E-state index in [0.29, 0.717) is 11.6 Å². The Kier molecular flexibility index (Phi) is 5.55. The molecule has 0 spiro atoms. The average Bonchev–Trinajstić information content (AvgIpc) is 2.35. The van der Waals surface area contributed by atoms with E-state index in [2.05, 4.69) is 4.98 Å². The number of carboxylic acid groups (broad SMARTS) is 1. The van der Waals surface area contributed by atoms with Crippen LogP contribution in [0.4, 0.5) is 5.13 Å². The van der Waals surface area contributed by atoms with E-state index >= 15 is 0 Å². The van der Waals surface area contributed by atoms with Gasteiger partial charge in [-0.25, -0.2) is 4.98 Å². The number of carbonyl (C=O) groups is 1. The van der Waals surface area contributed by atoms with Crippen LogP contribution in [0.25, 0.3) is 0 Å². The Balaban J connectivity index is 0. The molecule has 1 rings (SSSR count). The number of anilines is 1. The van der Waals surface area contributed by atoms with Gasteiger partial charge in [0.25, 0.3) is 0 Å². The molecule has 68 valence electrons. The predicted molar refractivity (Wildman–Crippen MR) is 48.1 cm³/mol. The van der Waals surface area contributed by atoms with Crippen LogP contribution in [-0.2, 0) is 11.2 Å². The fourth-order valence-electron chi connectivity index (χ4n) is 0.817. The molecule has 1 atom stereocenters. The zero-order valence-corrected chi connectivity index (χ0v) is 10.5. The summed E-state index contributed by atoms with van der Waals surface area (Å²) >= 11 is 1.33. The number of nitrogen functional groups attached to an aromatic ring is 1. The summed E-state index contributed by atoms with van der Waals surface area (Å²) < 4.78 is 0. The van der Waals surface area contributed by atoms with E-state index < -0.39 is 11.9 Å². The van der Waals surface area contributed by atoms with Gasteiger partial charge >= 0.3 is 35.5 Å². The number of hydrogen-bond donors (Lipinski definition) is 2. The third-order valence-corrected chi connectivity index (χ3v) is 2.23. The van der Waals surface area contributed by atoms with Gasteiger partial charge in [0.15, 0.2) is 5.13 Å². The number of aliphatic carboxylic acids is 1. The molecule has 0 aliphatic heterocycles. The number of aromatic nitrogens is 1. The molecule has 0 fully saturated rings. The van der Waals surface area contributed by atoms with Crippen LogP contribution in [-0.4, -0.2) is 16.1 Å². The monoisotopic (exact) mass is 210 g/mol. The van der Waals surface area contributed by atoms with E-state index in [1.165, 1.54) is 11.3 Å². The molecule has 0 saturated carbocycles. The summed E-state index contributed by atoms with van der Waals surface area (Å²) in [5.41, 5.74) is 6.15. The minimum absolute atomic E-state index is 0. The number of carboxylic acids is 1. The number of hydrogen-bond acceptors (Lipinski definition) is 4. The van der Waals surface area contributed by atoms with Crippen LogP contribution in [0.5, 0.6) is 0 Å².